The van der Waals surface area contributed by atoms with E-state index < -0.39 is 5.41 Å². The van der Waals surface area contributed by atoms with Crippen LogP contribution < -0.4 is 11.1 Å². The normalized spacial score (nSPS) is 16.4. The number of anilines is 1. The summed E-state index contributed by atoms with van der Waals surface area (Å²) in [4.78, 5) is 12.6. The first-order valence-corrected chi connectivity index (χ1v) is 7.43. The lowest BCUT2D eigenvalue weighted by Gasteiger charge is -2.34. The molecule has 0 saturated carbocycles. The molecule has 1 aliphatic heterocycles. The van der Waals surface area contributed by atoms with E-state index in [1.54, 1.807) is 6.20 Å². The lowest BCUT2D eigenvalue weighted by atomic mass is 9.79. The van der Waals surface area contributed by atoms with E-state index >= 15 is 0 Å². The summed E-state index contributed by atoms with van der Waals surface area (Å²) in [5, 5.41) is 9.82. The minimum Gasteiger partial charge on any atom is -0.381 e. The molecule has 2 heterocycles. The second-order valence-electron chi connectivity index (χ2n) is 5.60. The summed E-state index contributed by atoms with van der Waals surface area (Å²) in [6.45, 7) is 1.52. The Morgan fingerprint density at radius 1 is 1.26 bits per heavy atom. The van der Waals surface area contributed by atoms with Crippen molar-refractivity contribution < 1.29 is 9.53 Å². The van der Waals surface area contributed by atoms with E-state index in [1.165, 1.54) is 0 Å². The average molecular weight is 337 g/mol. The number of nitrogens with one attached hydrogen (secondary N) is 2. The Kier molecular flexibility index (Phi) is 5.76. The highest BCUT2D eigenvalue weighted by Gasteiger charge is 2.38. The molecule has 124 valence electrons. The van der Waals surface area contributed by atoms with Gasteiger partial charge in [-0.15, -0.1) is 12.4 Å². The summed E-state index contributed by atoms with van der Waals surface area (Å²) >= 11 is 0. The van der Waals surface area contributed by atoms with Crippen molar-refractivity contribution in [1.29, 1.82) is 0 Å². The Hall–Kier alpha value is -1.89. The number of halogens is 1. The van der Waals surface area contributed by atoms with Gasteiger partial charge in [0.1, 0.15) is 0 Å². The van der Waals surface area contributed by atoms with Crippen molar-refractivity contribution in [3.05, 3.63) is 36.5 Å². The lowest BCUT2D eigenvalue weighted by molar-refractivity contribution is -0.130. The van der Waals surface area contributed by atoms with Gasteiger partial charge in [0.25, 0.3) is 0 Å². The lowest BCUT2D eigenvalue weighted by Crippen LogP contribution is -2.46. The zero-order chi connectivity index (χ0) is 15.4. The molecule has 1 fully saturated rings. The summed E-state index contributed by atoms with van der Waals surface area (Å²) in [6, 6.07) is 9.57. The van der Waals surface area contributed by atoms with Crippen LogP contribution in [0.15, 0.2) is 36.5 Å². The van der Waals surface area contributed by atoms with Crippen molar-refractivity contribution >= 4 is 24.0 Å². The molecule has 0 aliphatic carbocycles. The Labute approximate surface area is 141 Å². The van der Waals surface area contributed by atoms with Crippen molar-refractivity contribution in [2.45, 2.75) is 12.8 Å². The third-order valence-corrected chi connectivity index (χ3v) is 4.28. The number of ether oxygens (including phenoxy) is 1. The van der Waals surface area contributed by atoms with Gasteiger partial charge in [-0.1, -0.05) is 12.1 Å². The molecule has 1 aliphatic rings. The third kappa shape index (κ3) is 3.72. The predicted octanol–water partition coefficient (Wildman–Crippen LogP) is 2.19. The standard InChI is InChI=1S/C16H20N4O2.ClH/c17-11-16(6-9-22-10-7-16)15(21)19-13-3-1-12(2-4-13)14-5-8-18-20-14;/h1-5,8H,6-7,9-11,17H2,(H,18,20)(H,19,21);1H. The zero-order valence-electron chi connectivity index (χ0n) is 12.7. The van der Waals surface area contributed by atoms with Crippen LogP contribution in [0.25, 0.3) is 11.3 Å². The molecule has 1 aromatic heterocycles. The van der Waals surface area contributed by atoms with Crippen molar-refractivity contribution in [3.8, 4) is 11.3 Å². The molecule has 2 aromatic rings. The maximum atomic E-state index is 12.6. The number of aromatic amines is 1. The highest BCUT2D eigenvalue weighted by Crippen LogP contribution is 2.31. The molecule has 23 heavy (non-hydrogen) atoms. The quantitative estimate of drug-likeness (QED) is 0.798. The van der Waals surface area contributed by atoms with E-state index in [2.05, 4.69) is 15.5 Å². The average Bonchev–Trinajstić information content (AvgIpc) is 3.10. The summed E-state index contributed by atoms with van der Waals surface area (Å²) in [5.41, 5.74) is 8.08. The van der Waals surface area contributed by atoms with Gasteiger partial charge in [-0.05, 0) is 36.6 Å². The van der Waals surface area contributed by atoms with E-state index in [4.69, 9.17) is 10.5 Å². The summed E-state index contributed by atoms with van der Waals surface area (Å²) in [5.74, 6) is -0.0207. The topological polar surface area (TPSA) is 93.0 Å². The molecular formula is C16H21ClN4O2. The number of hydrogen-bond acceptors (Lipinski definition) is 4. The number of hydrogen-bond donors (Lipinski definition) is 3. The van der Waals surface area contributed by atoms with Crippen molar-refractivity contribution in [3.63, 3.8) is 0 Å². The van der Waals surface area contributed by atoms with Crippen LogP contribution in [0.4, 0.5) is 5.69 Å². The number of carbonyl (C=O) groups is 1. The fraction of sp³-hybridized carbons (Fsp3) is 0.375. The monoisotopic (exact) mass is 336 g/mol. The summed E-state index contributed by atoms with van der Waals surface area (Å²) in [6.07, 6.45) is 3.05. The second-order valence-corrected chi connectivity index (χ2v) is 5.60. The largest absolute Gasteiger partial charge is 0.381 e. The van der Waals surface area contributed by atoms with Gasteiger partial charge in [-0.2, -0.15) is 5.10 Å². The fourth-order valence-corrected chi connectivity index (χ4v) is 2.70. The summed E-state index contributed by atoms with van der Waals surface area (Å²) in [7, 11) is 0. The SMILES string of the molecule is Cl.NCC1(C(=O)Nc2ccc(-c3ccn[nH]3)cc2)CCOCC1. The second kappa shape index (κ2) is 7.59. The Balaban J connectivity index is 0.00000192. The Morgan fingerprint density at radius 3 is 2.52 bits per heavy atom. The van der Waals surface area contributed by atoms with Crippen LogP contribution in [0.2, 0.25) is 0 Å². The van der Waals surface area contributed by atoms with Crippen LogP contribution in [-0.2, 0) is 9.53 Å². The predicted molar refractivity (Wildman–Crippen MR) is 91.4 cm³/mol. The highest BCUT2D eigenvalue weighted by atomic mass is 35.5. The molecule has 1 amide bonds. The van der Waals surface area contributed by atoms with Gasteiger partial charge < -0.3 is 15.8 Å². The first-order chi connectivity index (χ1) is 10.7. The van der Waals surface area contributed by atoms with Gasteiger partial charge in [0, 0.05) is 31.6 Å². The van der Waals surface area contributed by atoms with Crippen LogP contribution >= 0.6 is 12.4 Å². The number of carbonyl (C=O) groups excluding carboxylic acids is 1. The molecule has 0 radical (unpaired) electrons. The van der Waals surface area contributed by atoms with E-state index in [0.717, 1.165) is 16.9 Å². The van der Waals surface area contributed by atoms with E-state index in [9.17, 15) is 4.79 Å². The first kappa shape index (κ1) is 17.5. The van der Waals surface area contributed by atoms with Gasteiger partial charge >= 0.3 is 0 Å². The molecule has 0 spiro atoms. The maximum absolute atomic E-state index is 12.6. The Bertz CT molecular complexity index is 622. The highest BCUT2D eigenvalue weighted by molar-refractivity contribution is 5.95. The van der Waals surface area contributed by atoms with Crippen LogP contribution in [0.3, 0.4) is 0 Å². The van der Waals surface area contributed by atoms with Crippen molar-refractivity contribution in [2.24, 2.45) is 11.1 Å². The number of amides is 1. The molecule has 7 heteroatoms. The number of benzene rings is 1. The van der Waals surface area contributed by atoms with Gasteiger partial charge in [-0.25, -0.2) is 0 Å². The Morgan fingerprint density at radius 2 is 1.96 bits per heavy atom. The molecule has 1 saturated heterocycles. The van der Waals surface area contributed by atoms with Gasteiger partial charge in [0.15, 0.2) is 0 Å². The van der Waals surface area contributed by atoms with Crippen LogP contribution in [0.5, 0.6) is 0 Å². The zero-order valence-corrected chi connectivity index (χ0v) is 13.6. The van der Waals surface area contributed by atoms with Crippen molar-refractivity contribution in [2.75, 3.05) is 25.1 Å². The molecule has 6 nitrogen and oxygen atoms in total. The number of rotatable bonds is 4. The van der Waals surface area contributed by atoms with Crippen LogP contribution in [-0.4, -0.2) is 35.9 Å². The van der Waals surface area contributed by atoms with Gasteiger partial charge in [0.2, 0.25) is 5.91 Å². The smallest absolute Gasteiger partial charge is 0.232 e. The maximum Gasteiger partial charge on any atom is 0.232 e. The number of nitrogens with zero attached hydrogens (tertiary/aromatic N) is 1. The van der Waals surface area contributed by atoms with E-state index in [0.29, 0.717) is 32.6 Å². The minimum atomic E-state index is -0.514. The molecule has 0 unspecified atom stereocenters. The van der Waals surface area contributed by atoms with Gasteiger partial charge in [0.05, 0.1) is 11.1 Å². The third-order valence-electron chi connectivity index (χ3n) is 4.28. The van der Waals surface area contributed by atoms with E-state index in [-0.39, 0.29) is 18.3 Å². The fourth-order valence-electron chi connectivity index (χ4n) is 2.70. The van der Waals surface area contributed by atoms with Crippen LogP contribution in [0.1, 0.15) is 12.8 Å². The minimum absolute atomic E-state index is 0. The molecule has 4 N–H and O–H groups in total. The number of nitrogens with two attached hydrogens (primary N) is 1. The molecule has 3 rings (SSSR count). The summed E-state index contributed by atoms with van der Waals surface area (Å²) < 4.78 is 5.34. The molecule has 0 bridgehead atoms. The molecule has 0 atom stereocenters. The first-order valence-electron chi connectivity index (χ1n) is 7.43. The molecular weight excluding hydrogens is 316 g/mol. The number of H-pyrrole nitrogens is 1. The van der Waals surface area contributed by atoms with Crippen molar-refractivity contribution in [1.82, 2.24) is 10.2 Å². The van der Waals surface area contributed by atoms with Gasteiger partial charge in [-0.3, -0.25) is 9.89 Å². The molecule has 1 aromatic carbocycles. The number of aromatic nitrogens is 2. The van der Waals surface area contributed by atoms with E-state index in [1.807, 2.05) is 30.3 Å². The van der Waals surface area contributed by atoms with Crippen LogP contribution in [0, 0.1) is 5.41 Å².